The summed E-state index contributed by atoms with van der Waals surface area (Å²) in [7, 11) is 0. The Hall–Kier alpha value is -4.43. The fourth-order valence-electron chi connectivity index (χ4n) is 3.76. The fourth-order valence-corrected chi connectivity index (χ4v) is 3.76. The van der Waals surface area contributed by atoms with Gasteiger partial charge in [0.05, 0.1) is 18.4 Å². The first-order chi connectivity index (χ1) is 17.1. The number of aliphatic hydroxyl groups excluding tert-OH is 1. The Morgan fingerprint density at radius 3 is 2.23 bits per heavy atom. The topological polar surface area (TPSA) is 91.4 Å². The van der Waals surface area contributed by atoms with E-state index in [1.807, 2.05) is 60.7 Å². The second-order valence-corrected chi connectivity index (χ2v) is 8.06. The van der Waals surface area contributed by atoms with Gasteiger partial charge in [-0.3, -0.25) is 9.36 Å². The molecule has 2 heterocycles. The predicted molar refractivity (Wildman–Crippen MR) is 132 cm³/mol. The maximum atomic E-state index is 13.1. The Morgan fingerprint density at radius 2 is 1.51 bits per heavy atom. The molecule has 0 unspecified atom stereocenters. The highest BCUT2D eigenvalue weighted by atomic mass is 16.5. The van der Waals surface area contributed by atoms with Gasteiger partial charge in [0.15, 0.2) is 5.65 Å². The van der Waals surface area contributed by atoms with Crippen LogP contribution in [-0.2, 0) is 6.54 Å². The van der Waals surface area contributed by atoms with Crippen molar-refractivity contribution >= 4 is 11.0 Å². The lowest BCUT2D eigenvalue weighted by Crippen LogP contribution is -2.32. The molecule has 2 aromatic heterocycles. The number of rotatable bonds is 8. The van der Waals surface area contributed by atoms with E-state index in [9.17, 15) is 9.90 Å². The maximum absolute atomic E-state index is 13.1. The summed E-state index contributed by atoms with van der Waals surface area (Å²) in [6.45, 7) is 1.81. The second-order valence-electron chi connectivity index (χ2n) is 8.06. The van der Waals surface area contributed by atoms with Crippen molar-refractivity contribution in [3.8, 4) is 22.9 Å². The van der Waals surface area contributed by atoms with Crippen molar-refractivity contribution in [1.82, 2.24) is 19.3 Å². The number of hydrogen-bond acceptors (Lipinski definition) is 6. The molecular formula is C27H24N4O4. The number of hydrogen-bond donors (Lipinski definition) is 1. The van der Waals surface area contributed by atoms with E-state index in [4.69, 9.17) is 9.47 Å². The quantitative estimate of drug-likeness (QED) is 0.368. The van der Waals surface area contributed by atoms with Gasteiger partial charge in [-0.25, -0.2) is 9.67 Å². The first-order valence-electron chi connectivity index (χ1n) is 11.2. The average molecular weight is 469 g/mol. The Morgan fingerprint density at radius 1 is 0.886 bits per heavy atom. The van der Waals surface area contributed by atoms with Gasteiger partial charge < -0.3 is 14.6 Å². The highest BCUT2D eigenvalue weighted by Crippen LogP contribution is 2.23. The van der Waals surface area contributed by atoms with Gasteiger partial charge in [-0.2, -0.15) is 5.10 Å². The van der Waals surface area contributed by atoms with Crippen LogP contribution < -0.4 is 15.0 Å². The normalized spacial score (nSPS) is 11.9. The number of aromatic nitrogens is 4. The van der Waals surface area contributed by atoms with Gasteiger partial charge >= 0.3 is 0 Å². The summed E-state index contributed by atoms with van der Waals surface area (Å²) in [5.74, 6) is 2.51. The molecule has 0 fully saturated rings. The molecule has 0 aliphatic heterocycles. The lowest BCUT2D eigenvalue weighted by Gasteiger charge is -2.16. The van der Waals surface area contributed by atoms with Crippen molar-refractivity contribution in [2.24, 2.45) is 0 Å². The van der Waals surface area contributed by atoms with Crippen molar-refractivity contribution in [2.45, 2.75) is 19.6 Å². The van der Waals surface area contributed by atoms with E-state index in [2.05, 4.69) is 10.1 Å². The largest absolute Gasteiger partial charge is 0.491 e. The van der Waals surface area contributed by atoms with E-state index in [0.717, 1.165) is 11.4 Å². The van der Waals surface area contributed by atoms with E-state index >= 15 is 0 Å². The van der Waals surface area contributed by atoms with Crippen LogP contribution in [0.5, 0.6) is 17.2 Å². The molecule has 35 heavy (non-hydrogen) atoms. The van der Waals surface area contributed by atoms with Crippen molar-refractivity contribution in [3.05, 3.63) is 107 Å². The van der Waals surface area contributed by atoms with Gasteiger partial charge in [0.25, 0.3) is 5.56 Å². The molecule has 0 saturated carbocycles. The van der Waals surface area contributed by atoms with E-state index in [1.54, 1.807) is 35.9 Å². The highest BCUT2D eigenvalue weighted by Gasteiger charge is 2.16. The number of fused-ring (bicyclic) bond motifs is 1. The molecule has 176 valence electrons. The molecule has 1 atom stereocenters. The van der Waals surface area contributed by atoms with Crippen LogP contribution in [0.25, 0.3) is 16.7 Å². The first kappa shape index (κ1) is 22.4. The van der Waals surface area contributed by atoms with Crippen LogP contribution in [0.2, 0.25) is 0 Å². The van der Waals surface area contributed by atoms with Gasteiger partial charge in [0, 0.05) is 0 Å². The van der Waals surface area contributed by atoms with Gasteiger partial charge in [-0.05, 0) is 55.5 Å². The molecule has 0 bridgehead atoms. The minimum atomic E-state index is -0.907. The smallest absolute Gasteiger partial charge is 0.264 e. The second kappa shape index (κ2) is 9.82. The van der Waals surface area contributed by atoms with Gasteiger partial charge in [0.1, 0.15) is 41.2 Å². The molecule has 5 aromatic rings. The highest BCUT2D eigenvalue weighted by molar-refractivity contribution is 5.75. The first-order valence-corrected chi connectivity index (χ1v) is 11.2. The SMILES string of the molecule is Cc1nc2c(cnn2-c2ccccc2)c(=O)n1C[C@@H](O)COc1ccc(Oc2ccccc2)cc1. The summed E-state index contributed by atoms with van der Waals surface area (Å²) in [4.78, 5) is 17.7. The zero-order valence-corrected chi connectivity index (χ0v) is 19.1. The molecule has 0 radical (unpaired) electrons. The molecule has 0 amide bonds. The molecule has 1 N–H and O–H groups in total. The summed E-state index contributed by atoms with van der Waals surface area (Å²) < 4.78 is 14.6. The third-order valence-electron chi connectivity index (χ3n) is 5.52. The van der Waals surface area contributed by atoms with E-state index < -0.39 is 6.10 Å². The monoisotopic (exact) mass is 468 g/mol. The third-order valence-corrected chi connectivity index (χ3v) is 5.52. The van der Waals surface area contributed by atoms with Crippen LogP contribution in [0.3, 0.4) is 0 Å². The zero-order chi connectivity index (χ0) is 24.2. The summed E-state index contributed by atoms with van der Waals surface area (Å²) in [6, 6.07) is 26.1. The summed E-state index contributed by atoms with van der Waals surface area (Å²) in [5, 5.41) is 15.3. The van der Waals surface area contributed by atoms with Crippen molar-refractivity contribution < 1.29 is 14.6 Å². The van der Waals surface area contributed by atoms with Crippen LogP contribution >= 0.6 is 0 Å². The van der Waals surface area contributed by atoms with Gasteiger partial charge in [0.2, 0.25) is 0 Å². The number of nitrogens with zero attached hydrogens (tertiary/aromatic N) is 4. The molecule has 0 saturated heterocycles. The van der Waals surface area contributed by atoms with E-state index in [1.165, 1.54) is 10.8 Å². The molecule has 3 aromatic carbocycles. The minimum absolute atomic E-state index is 0.0199. The fraction of sp³-hybridized carbons (Fsp3) is 0.148. The molecule has 8 heteroatoms. The number of aliphatic hydroxyl groups is 1. The van der Waals surface area contributed by atoms with E-state index in [-0.39, 0.29) is 18.7 Å². The summed E-state index contributed by atoms with van der Waals surface area (Å²) in [5.41, 5.74) is 1.05. The van der Waals surface area contributed by atoms with Crippen LogP contribution in [0.1, 0.15) is 5.82 Å². The van der Waals surface area contributed by atoms with Crippen LogP contribution in [-0.4, -0.2) is 37.1 Å². The zero-order valence-electron chi connectivity index (χ0n) is 19.1. The Kier molecular flexibility index (Phi) is 6.28. The predicted octanol–water partition coefficient (Wildman–Crippen LogP) is 4.12. The summed E-state index contributed by atoms with van der Waals surface area (Å²) in [6.07, 6.45) is 0.602. The molecule has 5 rings (SSSR count). The summed E-state index contributed by atoms with van der Waals surface area (Å²) >= 11 is 0. The van der Waals surface area contributed by atoms with Crippen molar-refractivity contribution in [1.29, 1.82) is 0 Å². The van der Waals surface area contributed by atoms with Crippen LogP contribution in [0.15, 0.2) is 95.9 Å². The number of benzene rings is 3. The molecule has 0 aliphatic carbocycles. The standard InChI is InChI=1S/C27H24N4O4/c1-19-29-26-25(16-28-31(26)20-8-4-2-5-9-20)27(33)30(19)17-21(32)18-34-22-12-14-24(15-13-22)35-23-10-6-3-7-11-23/h2-16,21,32H,17-18H2,1H3/t21-/m1/s1. The lowest BCUT2D eigenvalue weighted by atomic mass is 10.3. The third kappa shape index (κ3) is 4.92. The maximum Gasteiger partial charge on any atom is 0.264 e. The van der Waals surface area contributed by atoms with Crippen LogP contribution in [0.4, 0.5) is 0 Å². The Bertz CT molecular complexity index is 1480. The van der Waals surface area contributed by atoms with Crippen molar-refractivity contribution in [2.75, 3.05) is 6.61 Å². The minimum Gasteiger partial charge on any atom is -0.491 e. The molecular weight excluding hydrogens is 444 g/mol. The number of ether oxygens (including phenoxy) is 2. The molecule has 8 nitrogen and oxygen atoms in total. The number of para-hydroxylation sites is 2. The molecule has 0 aliphatic rings. The molecule has 0 spiro atoms. The van der Waals surface area contributed by atoms with Gasteiger partial charge in [-0.1, -0.05) is 36.4 Å². The van der Waals surface area contributed by atoms with E-state index in [0.29, 0.717) is 28.4 Å². The van der Waals surface area contributed by atoms with Crippen LogP contribution in [0, 0.1) is 6.92 Å². The van der Waals surface area contributed by atoms with Gasteiger partial charge in [-0.15, -0.1) is 0 Å². The van der Waals surface area contributed by atoms with Crippen molar-refractivity contribution in [3.63, 3.8) is 0 Å². The Balaban J connectivity index is 1.25. The number of aryl methyl sites for hydroxylation is 1. The Labute approximate surface area is 201 Å². The lowest BCUT2D eigenvalue weighted by molar-refractivity contribution is 0.0909. The average Bonchev–Trinajstić information content (AvgIpc) is 3.31.